The van der Waals surface area contributed by atoms with Crippen molar-refractivity contribution in [2.75, 3.05) is 6.54 Å². The molecular formula is C18H17Cl2FN2. The Morgan fingerprint density at radius 2 is 1.83 bits per heavy atom. The molecule has 1 heterocycles. The molecule has 0 saturated carbocycles. The summed E-state index contributed by atoms with van der Waals surface area (Å²) in [7, 11) is 0. The second kappa shape index (κ2) is 6.91. The highest BCUT2D eigenvalue weighted by molar-refractivity contribution is 6.40. The molecule has 2 aromatic carbocycles. The van der Waals surface area contributed by atoms with Crippen molar-refractivity contribution in [1.29, 1.82) is 0 Å². The molecule has 120 valence electrons. The Morgan fingerprint density at radius 3 is 2.57 bits per heavy atom. The molecule has 3 N–H and O–H groups in total. The zero-order valence-electron chi connectivity index (χ0n) is 12.5. The van der Waals surface area contributed by atoms with Gasteiger partial charge in [-0.05, 0) is 55.6 Å². The number of H-pyrrole nitrogens is 1. The van der Waals surface area contributed by atoms with Crippen LogP contribution in [0.25, 0.3) is 22.2 Å². The van der Waals surface area contributed by atoms with E-state index in [1.54, 1.807) is 18.2 Å². The lowest BCUT2D eigenvalue weighted by atomic mass is 10.00. The average Bonchev–Trinajstić information content (AvgIpc) is 2.92. The number of nitrogens with one attached hydrogen (secondary N) is 1. The Kier molecular flexibility index (Phi) is 4.90. The monoisotopic (exact) mass is 350 g/mol. The van der Waals surface area contributed by atoms with Gasteiger partial charge in [0.15, 0.2) is 0 Å². The number of aromatic amines is 1. The van der Waals surface area contributed by atoms with Gasteiger partial charge in [-0.3, -0.25) is 0 Å². The summed E-state index contributed by atoms with van der Waals surface area (Å²) < 4.78 is 13.6. The van der Waals surface area contributed by atoms with E-state index in [0.717, 1.165) is 47.0 Å². The molecule has 23 heavy (non-hydrogen) atoms. The van der Waals surface area contributed by atoms with Crippen LogP contribution in [0.4, 0.5) is 4.39 Å². The molecule has 3 aromatic rings. The SMILES string of the molecule is NCCCCc1c(-c2cccc(F)c2)[nH]c2c(Cl)ccc(Cl)c12. The van der Waals surface area contributed by atoms with Gasteiger partial charge < -0.3 is 10.7 Å². The number of hydrogen-bond donors (Lipinski definition) is 2. The molecule has 1 aromatic heterocycles. The third-order valence-corrected chi connectivity index (χ3v) is 4.58. The minimum atomic E-state index is -0.272. The van der Waals surface area contributed by atoms with Gasteiger partial charge >= 0.3 is 0 Å². The van der Waals surface area contributed by atoms with Crippen molar-refractivity contribution < 1.29 is 4.39 Å². The maximum Gasteiger partial charge on any atom is 0.123 e. The fourth-order valence-electron chi connectivity index (χ4n) is 2.88. The van der Waals surface area contributed by atoms with Gasteiger partial charge in [0.05, 0.1) is 15.6 Å². The van der Waals surface area contributed by atoms with Crippen molar-refractivity contribution in [1.82, 2.24) is 4.98 Å². The number of aromatic nitrogens is 1. The van der Waals surface area contributed by atoms with Crippen LogP contribution in [0.5, 0.6) is 0 Å². The third-order valence-electron chi connectivity index (χ3n) is 3.95. The lowest BCUT2D eigenvalue weighted by molar-refractivity contribution is 0.628. The molecule has 0 fully saturated rings. The summed E-state index contributed by atoms with van der Waals surface area (Å²) in [6.07, 6.45) is 2.67. The van der Waals surface area contributed by atoms with E-state index in [1.165, 1.54) is 12.1 Å². The molecule has 0 spiro atoms. The van der Waals surface area contributed by atoms with Crippen molar-refractivity contribution in [2.45, 2.75) is 19.3 Å². The topological polar surface area (TPSA) is 41.8 Å². The van der Waals surface area contributed by atoms with E-state index >= 15 is 0 Å². The maximum absolute atomic E-state index is 13.6. The van der Waals surface area contributed by atoms with Gasteiger partial charge in [-0.15, -0.1) is 0 Å². The van der Waals surface area contributed by atoms with Gasteiger partial charge in [0.1, 0.15) is 5.82 Å². The van der Waals surface area contributed by atoms with Gasteiger partial charge in [-0.1, -0.05) is 35.3 Å². The fraction of sp³-hybridized carbons (Fsp3) is 0.222. The molecule has 0 amide bonds. The maximum atomic E-state index is 13.6. The Bertz CT molecular complexity index is 842. The first-order chi connectivity index (χ1) is 11.1. The van der Waals surface area contributed by atoms with Crippen molar-refractivity contribution >= 4 is 34.1 Å². The van der Waals surface area contributed by atoms with Gasteiger partial charge in [0, 0.05) is 16.6 Å². The van der Waals surface area contributed by atoms with E-state index in [1.807, 2.05) is 6.07 Å². The summed E-state index contributed by atoms with van der Waals surface area (Å²) in [5, 5.41) is 2.16. The van der Waals surface area contributed by atoms with Gasteiger partial charge in [0.25, 0.3) is 0 Å². The highest BCUT2D eigenvalue weighted by Crippen LogP contribution is 2.38. The zero-order valence-corrected chi connectivity index (χ0v) is 14.0. The summed E-state index contributed by atoms with van der Waals surface area (Å²) in [5.41, 5.74) is 9.11. The Hall–Kier alpha value is -1.55. The van der Waals surface area contributed by atoms with Crippen LogP contribution in [-0.2, 0) is 6.42 Å². The molecular weight excluding hydrogens is 334 g/mol. The van der Waals surface area contributed by atoms with Crippen LogP contribution in [-0.4, -0.2) is 11.5 Å². The predicted octanol–water partition coefficient (Wildman–Crippen LogP) is 5.56. The van der Waals surface area contributed by atoms with Gasteiger partial charge in [-0.2, -0.15) is 0 Å². The van der Waals surface area contributed by atoms with Crippen LogP contribution in [0.1, 0.15) is 18.4 Å². The highest BCUT2D eigenvalue weighted by atomic mass is 35.5. The van der Waals surface area contributed by atoms with Crippen LogP contribution in [0, 0.1) is 5.82 Å². The molecule has 0 aliphatic rings. The van der Waals surface area contributed by atoms with Crippen molar-refractivity contribution in [2.24, 2.45) is 5.73 Å². The molecule has 3 rings (SSSR count). The van der Waals surface area contributed by atoms with Crippen LogP contribution < -0.4 is 5.73 Å². The van der Waals surface area contributed by atoms with E-state index in [-0.39, 0.29) is 5.82 Å². The number of hydrogen-bond acceptors (Lipinski definition) is 1. The number of fused-ring (bicyclic) bond motifs is 1. The lowest BCUT2D eigenvalue weighted by Crippen LogP contribution is -1.99. The van der Waals surface area contributed by atoms with Gasteiger partial charge in [0.2, 0.25) is 0 Å². The minimum absolute atomic E-state index is 0.272. The van der Waals surface area contributed by atoms with Crippen molar-refractivity contribution in [3.63, 3.8) is 0 Å². The molecule has 2 nitrogen and oxygen atoms in total. The van der Waals surface area contributed by atoms with E-state index < -0.39 is 0 Å². The standard InChI is InChI=1S/C18H17Cl2FN2/c19-14-7-8-15(20)18-16(14)13(6-1-2-9-22)17(23-18)11-4-3-5-12(21)10-11/h3-5,7-8,10,23H,1-2,6,9,22H2. The summed E-state index contributed by atoms with van der Waals surface area (Å²) in [4.78, 5) is 3.33. The zero-order chi connectivity index (χ0) is 16.4. The predicted molar refractivity (Wildman–Crippen MR) is 95.7 cm³/mol. The third kappa shape index (κ3) is 3.23. The first kappa shape index (κ1) is 16.3. The molecule has 0 aliphatic heterocycles. The molecule has 0 radical (unpaired) electrons. The van der Waals surface area contributed by atoms with E-state index in [0.29, 0.717) is 16.6 Å². The first-order valence-corrected chi connectivity index (χ1v) is 8.32. The minimum Gasteiger partial charge on any atom is -0.353 e. The second-order valence-corrected chi connectivity index (χ2v) is 6.33. The lowest BCUT2D eigenvalue weighted by Gasteiger charge is -2.06. The number of nitrogens with two attached hydrogens (primary N) is 1. The Labute approximate surface area is 144 Å². The smallest absolute Gasteiger partial charge is 0.123 e. The normalized spacial score (nSPS) is 11.3. The van der Waals surface area contributed by atoms with Crippen LogP contribution in [0.2, 0.25) is 10.0 Å². The summed E-state index contributed by atoms with van der Waals surface area (Å²) >= 11 is 12.7. The Balaban J connectivity index is 2.21. The number of aryl methyl sites for hydroxylation is 1. The first-order valence-electron chi connectivity index (χ1n) is 7.56. The van der Waals surface area contributed by atoms with E-state index in [9.17, 15) is 4.39 Å². The van der Waals surface area contributed by atoms with Crippen LogP contribution >= 0.6 is 23.2 Å². The molecule has 0 bridgehead atoms. The van der Waals surface area contributed by atoms with Crippen molar-refractivity contribution in [3.8, 4) is 11.3 Å². The highest BCUT2D eigenvalue weighted by Gasteiger charge is 2.17. The summed E-state index contributed by atoms with van der Waals surface area (Å²) in [5.74, 6) is -0.272. The fourth-order valence-corrected chi connectivity index (χ4v) is 3.36. The number of benzene rings is 2. The number of halogens is 3. The molecule has 0 atom stereocenters. The molecule has 0 saturated heterocycles. The molecule has 0 unspecified atom stereocenters. The van der Waals surface area contributed by atoms with Crippen LogP contribution in [0.3, 0.4) is 0 Å². The van der Waals surface area contributed by atoms with E-state index in [4.69, 9.17) is 28.9 Å². The average molecular weight is 351 g/mol. The summed E-state index contributed by atoms with van der Waals surface area (Å²) in [6.45, 7) is 0.645. The number of unbranched alkanes of at least 4 members (excludes halogenated alkanes) is 1. The molecule has 0 aliphatic carbocycles. The Morgan fingerprint density at radius 1 is 1.04 bits per heavy atom. The summed E-state index contributed by atoms with van der Waals surface area (Å²) in [6, 6.07) is 10.1. The molecule has 5 heteroatoms. The quantitative estimate of drug-likeness (QED) is 0.581. The van der Waals surface area contributed by atoms with Crippen LogP contribution in [0.15, 0.2) is 36.4 Å². The second-order valence-electron chi connectivity index (χ2n) is 5.51. The largest absolute Gasteiger partial charge is 0.353 e. The number of rotatable bonds is 5. The van der Waals surface area contributed by atoms with Crippen molar-refractivity contribution in [3.05, 3.63) is 57.8 Å². The van der Waals surface area contributed by atoms with Gasteiger partial charge in [-0.25, -0.2) is 4.39 Å². The van der Waals surface area contributed by atoms with E-state index in [2.05, 4.69) is 4.98 Å².